The first kappa shape index (κ1) is 28.7. The number of hydrogen-bond acceptors (Lipinski definition) is 6. The second-order valence-corrected chi connectivity index (χ2v) is 22.2. The molecule has 0 radical (unpaired) electrons. The van der Waals surface area contributed by atoms with Crippen molar-refractivity contribution < 1.29 is 27.9 Å². The van der Waals surface area contributed by atoms with Crippen LogP contribution in [0.4, 0.5) is 0 Å². The predicted octanol–water partition coefficient (Wildman–Crippen LogP) is 6.17. The smallest absolute Gasteiger partial charge is 0.353 e. The van der Waals surface area contributed by atoms with Gasteiger partial charge in [-0.2, -0.15) is 0 Å². The lowest BCUT2D eigenvalue weighted by Crippen LogP contribution is -2.69. The van der Waals surface area contributed by atoms with Crippen LogP contribution in [-0.4, -0.2) is 46.9 Å². The van der Waals surface area contributed by atoms with Gasteiger partial charge in [-0.1, -0.05) is 71.9 Å². The number of esters is 2. The third-order valence-electron chi connectivity index (χ3n) is 8.27. The summed E-state index contributed by atoms with van der Waals surface area (Å²) in [4.78, 5) is 27.3. The highest BCUT2D eigenvalue weighted by Gasteiger charge is 2.79. The molecule has 2 rings (SSSR count). The first-order valence-electron chi connectivity index (χ1n) is 11.9. The predicted molar refractivity (Wildman–Crippen MR) is 140 cm³/mol. The van der Waals surface area contributed by atoms with E-state index < -0.39 is 45.4 Å². The number of cyclic esters (lactones) is 1. The number of ether oxygens (including phenoxy) is 2. The number of carbonyl (C=O) groups excluding carboxylic acids is 2. The molecular formula is C26H44O6Si2. The molecule has 0 amide bonds. The van der Waals surface area contributed by atoms with E-state index >= 15 is 0 Å². The molecule has 0 aromatic heterocycles. The summed E-state index contributed by atoms with van der Waals surface area (Å²) in [5, 5.41) is -0.407. The Labute approximate surface area is 208 Å². The third kappa shape index (κ3) is 4.20. The van der Waals surface area contributed by atoms with Gasteiger partial charge in [-0.05, 0) is 55.7 Å². The molecule has 1 aromatic rings. The van der Waals surface area contributed by atoms with Crippen molar-refractivity contribution in [3.05, 3.63) is 35.9 Å². The summed E-state index contributed by atoms with van der Waals surface area (Å²) in [6.45, 7) is 24.4. The number of hydrogen-bond donors (Lipinski definition) is 0. The van der Waals surface area contributed by atoms with E-state index in [-0.39, 0.29) is 10.1 Å². The van der Waals surface area contributed by atoms with Crippen LogP contribution in [0.3, 0.4) is 0 Å². The standard InChI is InChI=1S/C26H44O6Si2/c1-22(2,3)33(10,11)31-25(8)21(28)30-24(7,20(27)29-9)26(25,19-17-15-14-16-18-19)32-34(12,13)23(4,5)6/h14-18H,1-13H3/t24-,25-,26-/m0/s1. The zero-order chi connectivity index (χ0) is 26.6. The highest BCUT2D eigenvalue weighted by Crippen LogP contribution is 2.60. The molecule has 0 saturated carbocycles. The Hall–Kier alpha value is -1.49. The summed E-state index contributed by atoms with van der Waals surface area (Å²) >= 11 is 0. The van der Waals surface area contributed by atoms with E-state index in [4.69, 9.17) is 18.3 Å². The van der Waals surface area contributed by atoms with E-state index in [0.717, 1.165) is 0 Å². The first-order chi connectivity index (χ1) is 15.1. The van der Waals surface area contributed by atoms with Gasteiger partial charge in [0.1, 0.15) is 0 Å². The summed E-state index contributed by atoms with van der Waals surface area (Å²) < 4.78 is 25.4. The average molecular weight is 509 g/mol. The van der Waals surface area contributed by atoms with Gasteiger partial charge in [-0.15, -0.1) is 0 Å². The summed E-state index contributed by atoms with van der Waals surface area (Å²) in [5.41, 5.74) is -4.26. The SMILES string of the molecule is COC(=O)[C@]1(C)OC(=O)[C@](C)(O[Si](C)(C)C(C)(C)C)[C@]1(O[Si](C)(C)C(C)(C)C)c1ccccc1. The molecule has 0 spiro atoms. The van der Waals surface area contributed by atoms with Crippen LogP contribution in [0.5, 0.6) is 0 Å². The van der Waals surface area contributed by atoms with Gasteiger partial charge in [0.25, 0.3) is 0 Å². The van der Waals surface area contributed by atoms with Crippen LogP contribution in [0.2, 0.25) is 36.3 Å². The van der Waals surface area contributed by atoms with E-state index in [2.05, 4.69) is 67.7 Å². The van der Waals surface area contributed by atoms with Gasteiger partial charge in [0, 0.05) is 0 Å². The summed E-state index contributed by atoms with van der Waals surface area (Å²) in [6.07, 6.45) is 0. The molecule has 1 fully saturated rings. The van der Waals surface area contributed by atoms with Crippen LogP contribution >= 0.6 is 0 Å². The van der Waals surface area contributed by atoms with Crippen molar-refractivity contribution in [2.24, 2.45) is 0 Å². The van der Waals surface area contributed by atoms with Crippen molar-refractivity contribution in [3.63, 3.8) is 0 Å². The maximum atomic E-state index is 13.9. The minimum absolute atomic E-state index is 0.194. The van der Waals surface area contributed by atoms with E-state index in [9.17, 15) is 9.59 Å². The molecule has 6 nitrogen and oxygen atoms in total. The fraction of sp³-hybridized carbons (Fsp3) is 0.692. The van der Waals surface area contributed by atoms with Crippen LogP contribution < -0.4 is 0 Å². The van der Waals surface area contributed by atoms with Crippen LogP contribution in [0.1, 0.15) is 61.0 Å². The molecule has 34 heavy (non-hydrogen) atoms. The van der Waals surface area contributed by atoms with E-state index in [1.807, 2.05) is 30.3 Å². The quantitative estimate of drug-likeness (QED) is 0.338. The Kier molecular flexibility index (Phi) is 7.25. The van der Waals surface area contributed by atoms with Crippen LogP contribution in [-0.2, 0) is 33.5 Å². The minimum Gasteiger partial charge on any atom is -0.466 e. The molecule has 0 unspecified atom stereocenters. The first-order valence-corrected chi connectivity index (χ1v) is 17.7. The van der Waals surface area contributed by atoms with Gasteiger partial charge in [0.15, 0.2) is 27.8 Å². The molecule has 8 heteroatoms. The lowest BCUT2D eigenvalue weighted by Gasteiger charge is -2.54. The molecule has 1 aliphatic rings. The monoisotopic (exact) mass is 508 g/mol. The van der Waals surface area contributed by atoms with E-state index in [1.54, 1.807) is 13.8 Å². The maximum absolute atomic E-state index is 13.9. The highest BCUT2D eigenvalue weighted by molar-refractivity contribution is 6.75. The zero-order valence-electron chi connectivity index (χ0n) is 23.3. The number of benzene rings is 1. The van der Waals surface area contributed by atoms with Gasteiger partial charge in [-0.3, -0.25) is 0 Å². The third-order valence-corrected chi connectivity index (χ3v) is 17.2. The van der Waals surface area contributed by atoms with Gasteiger partial charge >= 0.3 is 11.9 Å². The van der Waals surface area contributed by atoms with Crippen molar-refractivity contribution >= 4 is 28.6 Å². The summed E-state index contributed by atoms with van der Waals surface area (Å²) in [7, 11) is -3.87. The molecule has 1 aromatic carbocycles. The summed E-state index contributed by atoms with van der Waals surface area (Å²) in [6, 6.07) is 9.40. The molecule has 1 heterocycles. The Morgan fingerprint density at radius 2 is 1.29 bits per heavy atom. The molecule has 3 atom stereocenters. The van der Waals surface area contributed by atoms with E-state index in [0.29, 0.717) is 5.56 Å². The molecule has 0 N–H and O–H groups in total. The van der Waals surface area contributed by atoms with Crippen LogP contribution in [0.25, 0.3) is 0 Å². The largest absolute Gasteiger partial charge is 0.466 e. The lowest BCUT2D eigenvalue weighted by atomic mass is 9.70. The van der Waals surface area contributed by atoms with Crippen molar-refractivity contribution in [2.75, 3.05) is 7.11 Å². The molecule has 0 aliphatic carbocycles. The fourth-order valence-electron chi connectivity index (χ4n) is 4.12. The highest BCUT2D eigenvalue weighted by atomic mass is 28.4. The summed E-state index contributed by atoms with van der Waals surface area (Å²) in [5.74, 6) is -1.29. The van der Waals surface area contributed by atoms with Crippen LogP contribution in [0, 0.1) is 0 Å². The second kappa shape index (κ2) is 8.57. The van der Waals surface area contributed by atoms with Gasteiger partial charge in [0.05, 0.1) is 7.11 Å². The van der Waals surface area contributed by atoms with Crippen molar-refractivity contribution in [3.8, 4) is 0 Å². The minimum atomic E-state index is -2.62. The van der Waals surface area contributed by atoms with Gasteiger partial charge in [0.2, 0.25) is 5.60 Å². The normalized spacial score (nSPS) is 28.6. The Morgan fingerprint density at radius 3 is 1.71 bits per heavy atom. The molecule has 1 saturated heterocycles. The topological polar surface area (TPSA) is 71.1 Å². The fourth-order valence-corrected chi connectivity index (χ4v) is 7.26. The number of carbonyl (C=O) groups is 2. The Morgan fingerprint density at radius 1 is 0.853 bits per heavy atom. The average Bonchev–Trinajstić information content (AvgIpc) is 2.84. The molecule has 192 valence electrons. The molecule has 0 bridgehead atoms. The number of rotatable bonds is 6. The number of methoxy groups -OCH3 is 1. The zero-order valence-corrected chi connectivity index (χ0v) is 25.3. The van der Waals surface area contributed by atoms with E-state index in [1.165, 1.54) is 7.11 Å². The van der Waals surface area contributed by atoms with Crippen molar-refractivity contribution in [1.29, 1.82) is 0 Å². The maximum Gasteiger partial charge on any atom is 0.353 e. The Bertz CT molecular complexity index is 931. The second-order valence-electron chi connectivity index (χ2n) is 12.7. The van der Waals surface area contributed by atoms with Crippen molar-refractivity contribution in [2.45, 2.75) is 108 Å². The van der Waals surface area contributed by atoms with Gasteiger partial charge < -0.3 is 18.3 Å². The molecule has 1 aliphatic heterocycles. The molecular weight excluding hydrogens is 464 g/mol. The van der Waals surface area contributed by atoms with Gasteiger partial charge in [-0.25, -0.2) is 9.59 Å². The van der Waals surface area contributed by atoms with Crippen LogP contribution in [0.15, 0.2) is 30.3 Å². The Balaban J connectivity index is 3.03. The lowest BCUT2D eigenvalue weighted by molar-refractivity contribution is -0.192. The van der Waals surface area contributed by atoms with Crippen molar-refractivity contribution in [1.82, 2.24) is 0 Å².